The molecule has 0 fully saturated rings. The highest BCUT2D eigenvalue weighted by atomic mass is 19.4. The molecule has 3 aromatic rings. The molecule has 1 aromatic carbocycles. The average Bonchev–Trinajstić information content (AvgIpc) is 3.29. The number of benzene rings is 1. The molecule has 3 heterocycles. The number of aliphatic hydroxyl groups excluding tert-OH is 1. The summed E-state index contributed by atoms with van der Waals surface area (Å²) >= 11 is 0. The number of ether oxygens (including phenoxy) is 1. The third-order valence-corrected chi connectivity index (χ3v) is 7.15. The van der Waals surface area contributed by atoms with Crippen LogP contribution in [0.4, 0.5) is 23.7 Å². The highest BCUT2D eigenvalue weighted by Gasteiger charge is 2.35. The monoisotopic (exact) mass is 599 g/mol. The average molecular weight is 600 g/mol. The Bertz CT molecular complexity index is 1520. The van der Waals surface area contributed by atoms with Crippen LogP contribution in [0.1, 0.15) is 52.3 Å². The number of anilines is 1. The van der Waals surface area contributed by atoms with Gasteiger partial charge in [-0.3, -0.25) is 4.79 Å². The predicted molar refractivity (Wildman–Crippen MR) is 150 cm³/mol. The molecular weight excluding hydrogens is 567 g/mol. The summed E-state index contributed by atoms with van der Waals surface area (Å²) in [7, 11) is 1.61. The van der Waals surface area contributed by atoms with E-state index in [1.54, 1.807) is 27.8 Å². The summed E-state index contributed by atoms with van der Waals surface area (Å²) in [4.78, 5) is 33.9. The number of pyridine rings is 1. The Balaban J connectivity index is 1.60. The fourth-order valence-corrected chi connectivity index (χ4v) is 4.49. The molecule has 0 saturated heterocycles. The number of hydrogen-bond acceptors (Lipinski definition) is 7. The van der Waals surface area contributed by atoms with Crippen molar-refractivity contribution in [2.75, 3.05) is 32.1 Å². The molecule has 2 aromatic heterocycles. The van der Waals surface area contributed by atoms with E-state index in [1.807, 2.05) is 6.92 Å². The number of rotatable bonds is 5. The number of alkyl halides is 3. The van der Waals surface area contributed by atoms with Crippen molar-refractivity contribution in [3.63, 3.8) is 0 Å². The van der Waals surface area contributed by atoms with Gasteiger partial charge < -0.3 is 29.5 Å². The molecule has 0 saturated carbocycles. The lowest BCUT2D eigenvalue weighted by molar-refractivity contribution is -0.137. The van der Waals surface area contributed by atoms with Gasteiger partial charge in [0.05, 0.1) is 24.8 Å². The Morgan fingerprint density at radius 1 is 1.23 bits per heavy atom. The molecule has 0 bridgehead atoms. The number of nitrogens with zero attached hydrogens (tertiary/aromatic N) is 4. The summed E-state index contributed by atoms with van der Waals surface area (Å²) in [5.74, 6) is 5.45. The van der Waals surface area contributed by atoms with Gasteiger partial charge in [-0.1, -0.05) is 23.9 Å². The first-order chi connectivity index (χ1) is 20.3. The predicted octanol–water partition coefficient (Wildman–Crippen LogP) is 4.49. The summed E-state index contributed by atoms with van der Waals surface area (Å²) in [5, 5.41) is 16.5. The van der Waals surface area contributed by atoms with Crippen LogP contribution in [0.15, 0.2) is 41.1 Å². The minimum absolute atomic E-state index is 0.0382. The van der Waals surface area contributed by atoms with Crippen LogP contribution in [0.5, 0.6) is 5.88 Å². The Labute approximate surface area is 246 Å². The molecule has 0 spiro atoms. The van der Waals surface area contributed by atoms with Gasteiger partial charge in [-0.25, -0.2) is 9.78 Å². The maximum Gasteiger partial charge on any atom is 0.416 e. The summed E-state index contributed by atoms with van der Waals surface area (Å²) < 4.78 is 50.0. The fourth-order valence-electron chi connectivity index (χ4n) is 4.49. The molecule has 10 nitrogen and oxygen atoms in total. The number of likely N-dealkylation sites (N-methyl/N-ethyl adjacent to an activating group) is 1. The van der Waals surface area contributed by atoms with E-state index in [4.69, 9.17) is 9.26 Å². The van der Waals surface area contributed by atoms with Gasteiger partial charge in [-0.2, -0.15) is 13.2 Å². The molecule has 4 rings (SSSR count). The van der Waals surface area contributed by atoms with E-state index in [0.717, 1.165) is 12.1 Å². The van der Waals surface area contributed by atoms with E-state index < -0.39 is 35.8 Å². The molecule has 1 aliphatic heterocycles. The summed E-state index contributed by atoms with van der Waals surface area (Å²) in [6, 6.07) is 4.98. The van der Waals surface area contributed by atoms with Crippen LogP contribution >= 0.6 is 0 Å². The molecular formula is C30H32F3N5O5. The van der Waals surface area contributed by atoms with Crippen LogP contribution in [0.3, 0.4) is 0 Å². The summed E-state index contributed by atoms with van der Waals surface area (Å²) in [5.41, 5.74) is 1.04. The lowest BCUT2D eigenvalue weighted by atomic mass is 10.00. The lowest BCUT2D eigenvalue weighted by Gasteiger charge is -2.37. The molecule has 0 aliphatic carbocycles. The van der Waals surface area contributed by atoms with Crippen molar-refractivity contribution in [1.29, 1.82) is 0 Å². The maximum atomic E-state index is 13.6. The van der Waals surface area contributed by atoms with Crippen LogP contribution in [0.25, 0.3) is 0 Å². The number of amides is 3. The molecule has 43 heavy (non-hydrogen) atoms. The highest BCUT2D eigenvalue weighted by molar-refractivity contribution is 5.97. The third kappa shape index (κ3) is 7.26. The van der Waals surface area contributed by atoms with Crippen molar-refractivity contribution in [2.45, 2.75) is 46.0 Å². The van der Waals surface area contributed by atoms with E-state index in [0.29, 0.717) is 28.3 Å². The first kappa shape index (κ1) is 31.4. The van der Waals surface area contributed by atoms with Crippen molar-refractivity contribution < 1.29 is 37.1 Å². The summed E-state index contributed by atoms with van der Waals surface area (Å²) in [6.07, 6.45) is -3.63. The SMILES string of the molecule is Cc1noc(C)c1NC(=O)N(C)C[C@@H]1Oc2ncc(C#Cc3ccc(C(F)(F)F)cc3)cc2C(=O)N([C@H](C)CO)C[C@@H]1C. The zero-order valence-corrected chi connectivity index (χ0v) is 24.3. The molecule has 2 N–H and O–H groups in total. The first-order valence-corrected chi connectivity index (χ1v) is 13.5. The first-order valence-electron chi connectivity index (χ1n) is 13.5. The van der Waals surface area contributed by atoms with E-state index in [2.05, 4.69) is 27.3 Å². The minimum atomic E-state index is -4.45. The van der Waals surface area contributed by atoms with E-state index >= 15 is 0 Å². The van der Waals surface area contributed by atoms with Gasteiger partial charge in [0.2, 0.25) is 5.88 Å². The minimum Gasteiger partial charge on any atom is -0.472 e. The van der Waals surface area contributed by atoms with Crippen LogP contribution in [0, 0.1) is 31.6 Å². The van der Waals surface area contributed by atoms with Gasteiger partial charge in [0.25, 0.3) is 5.91 Å². The van der Waals surface area contributed by atoms with Crippen LogP contribution in [-0.4, -0.2) is 75.9 Å². The molecule has 0 unspecified atom stereocenters. The van der Waals surface area contributed by atoms with Gasteiger partial charge in [0.1, 0.15) is 23.0 Å². The van der Waals surface area contributed by atoms with Crippen molar-refractivity contribution in [1.82, 2.24) is 19.9 Å². The van der Waals surface area contributed by atoms with Gasteiger partial charge in [0, 0.05) is 36.8 Å². The zero-order chi connectivity index (χ0) is 31.5. The molecule has 228 valence electrons. The van der Waals surface area contributed by atoms with Crippen molar-refractivity contribution in [3.05, 3.63) is 70.2 Å². The second-order valence-electron chi connectivity index (χ2n) is 10.5. The number of fused-ring (bicyclic) bond motifs is 1. The van der Waals surface area contributed by atoms with Crippen molar-refractivity contribution >= 4 is 17.6 Å². The second kappa shape index (κ2) is 12.7. The molecule has 3 atom stereocenters. The van der Waals surface area contributed by atoms with Crippen molar-refractivity contribution in [3.8, 4) is 17.7 Å². The summed E-state index contributed by atoms with van der Waals surface area (Å²) in [6.45, 7) is 7.09. The van der Waals surface area contributed by atoms with Crippen LogP contribution in [0.2, 0.25) is 0 Å². The normalized spacial score (nSPS) is 17.5. The number of carbonyl (C=O) groups excluding carboxylic acids is 2. The number of carbonyl (C=O) groups is 2. The van der Waals surface area contributed by atoms with E-state index in [-0.39, 0.29) is 37.1 Å². The number of halogens is 3. The number of aromatic nitrogens is 2. The van der Waals surface area contributed by atoms with Crippen LogP contribution < -0.4 is 10.1 Å². The number of aliphatic hydroxyl groups is 1. The van der Waals surface area contributed by atoms with Crippen LogP contribution in [-0.2, 0) is 6.18 Å². The molecule has 13 heteroatoms. The van der Waals surface area contributed by atoms with Gasteiger partial charge in [-0.05, 0) is 51.1 Å². The zero-order valence-electron chi connectivity index (χ0n) is 24.3. The smallest absolute Gasteiger partial charge is 0.416 e. The molecule has 0 radical (unpaired) electrons. The second-order valence-corrected chi connectivity index (χ2v) is 10.5. The molecule has 1 aliphatic rings. The Kier molecular flexibility index (Phi) is 9.30. The standard InChI is InChI=1S/C30H32F3N5O5/c1-17-14-38(18(2)16-39)28(40)24-12-22(7-6-21-8-10-23(11-9-21)30(31,32)33)13-34-27(24)42-25(17)15-37(5)29(41)35-26-19(3)36-43-20(26)4/h8-13,17-18,25,39H,14-16H2,1-5H3,(H,35,41)/t17-,18+,25-/m0/s1. The van der Waals surface area contributed by atoms with Crippen molar-refractivity contribution in [2.24, 2.45) is 5.92 Å². The Morgan fingerprint density at radius 3 is 2.51 bits per heavy atom. The van der Waals surface area contributed by atoms with E-state index in [9.17, 15) is 27.9 Å². The Hall–Kier alpha value is -4.57. The largest absolute Gasteiger partial charge is 0.472 e. The number of urea groups is 1. The number of hydrogen-bond donors (Lipinski definition) is 2. The quantitative estimate of drug-likeness (QED) is 0.415. The molecule has 3 amide bonds. The fraction of sp³-hybridized carbons (Fsp3) is 0.400. The van der Waals surface area contributed by atoms with Gasteiger partial charge in [0.15, 0.2) is 5.76 Å². The number of nitrogens with one attached hydrogen (secondary N) is 1. The Morgan fingerprint density at radius 2 is 1.91 bits per heavy atom. The topological polar surface area (TPSA) is 121 Å². The lowest BCUT2D eigenvalue weighted by Crippen LogP contribution is -2.50. The number of aryl methyl sites for hydroxylation is 2. The third-order valence-electron chi connectivity index (χ3n) is 7.15. The van der Waals surface area contributed by atoms with Gasteiger partial charge >= 0.3 is 12.2 Å². The van der Waals surface area contributed by atoms with E-state index in [1.165, 1.54) is 34.2 Å². The van der Waals surface area contributed by atoms with Gasteiger partial charge in [-0.15, -0.1) is 0 Å². The highest BCUT2D eigenvalue weighted by Crippen LogP contribution is 2.30. The maximum absolute atomic E-state index is 13.6.